The van der Waals surface area contributed by atoms with Crippen molar-refractivity contribution in [3.05, 3.63) is 57.9 Å². The second kappa shape index (κ2) is 12.4. The molecule has 1 fully saturated rings. The third-order valence-electron chi connectivity index (χ3n) is 8.81. The maximum Gasteiger partial charge on any atom is 0.184 e. The Kier molecular flexibility index (Phi) is 10.4. The molecule has 0 aromatic carbocycles. The molecule has 2 aliphatic carbocycles. The Morgan fingerprint density at radius 1 is 0.872 bits per heavy atom. The van der Waals surface area contributed by atoms with Gasteiger partial charge in [-0.3, -0.25) is 14.4 Å². The molecule has 0 aromatic heterocycles. The first-order valence-electron chi connectivity index (χ1n) is 14.6. The van der Waals surface area contributed by atoms with E-state index in [2.05, 4.69) is 12.2 Å². The molecule has 216 valence electrons. The average molecular weight is 537 g/mol. The first kappa shape index (κ1) is 32.7. The van der Waals surface area contributed by atoms with E-state index in [1.807, 2.05) is 88.3 Å². The SMILES string of the molecule is CC(C)=CCC1=C(O)C2(CC=C(C)C)CC(CC=C(C)C)C(C)(CC=C(C)C)C(C(=O)CC(C)C)(C1=O)C2=O. The smallest absolute Gasteiger partial charge is 0.184 e. The number of carbonyl (C=O) groups is 3. The van der Waals surface area contributed by atoms with E-state index in [1.54, 1.807) is 0 Å². The number of hydrogen-bond acceptors (Lipinski definition) is 4. The molecule has 0 spiro atoms. The summed E-state index contributed by atoms with van der Waals surface area (Å²) in [6, 6.07) is 0. The van der Waals surface area contributed by atoms with Crippen LogP contribution in [-0.4, -0.2) is 22.5 Å². The van der Waals surface area contributed by atoms with Crippen LogP contribution >= 0.6 is 0 Å². The van der Waals surface area contributed by atoms with Crippen molar-refractivity contribution in [2.45, 2.75) is 115 Å². The Morgan fingerprint density at radius 3 is 1.87 bits per heavy atom. The lowest BCUT2D eigenvalue weighted by atomic mass is 9.38. The Morgan fingerprint density at radius 2 is 1.38 bits per heavy atom. The highest BCUT2D eigenvalue weighted by Gasteiger charge is 2.75. The van der Waals surface area contributed by atoms with Gasteiger partial charge >= 0.3 is 0 Å². The molecule has 0 aromatic rings. The number of aliphatic hydroxyl groups is 1. The summed E-state index contributed by atoms with van der Waals surface area (Å²) in [5, 5.41) is 11.9. The largest absolute Gasteiger partial charge is 0.511 e. The van der Waals surface area contributed by atoms with Gasteiger partial charge in [0.2, 0.25) is 0 Å². The summed E-state index contributed by atoms with van der Waals surface area (Å²) in [7, 11) is 0. The molecular formula is C35H52O4. The number of fused-ring (bicyclic) bond motifs is 2. The van der Waals surface area contributed by atoms with Gasteiger partial charge in [-0.15, -0.1) is 0 Å². The molecule has 2 bridgehead atoms. The van der Waals surface area contributed by atoms with Crippen molar-refractivity contribution in [3.8, 4) is 0 Å². The van der Waals surface area contributed by atoms with Crippen LogP contribution in [0, 0.1) is 28.1 Å². The first-order chi connectivity index (χ1) is 18.0. The van der Waals surface area contributed by atoms with Gasteiger partial charge in [-0.05, 0) is 99.3 Å². The van der Waals surface area contributed by atoms with Crippen LogP contribution in [0.1, 0.15) is 115 Å². The monoisotopic (exact) mass is 536 g/mol. The average Bonchev–Trinajstić information content (AvgIpc) is 2.80. The van der Waals surface area contributed by atoms with Gasteiger partial charge < -0.3 is 5.11 Å². The van der Waals surface area contributed by atoms with E-state index >= 15 is 4.79 Å². The molecule has 4 heteroatoms. The predicted octanol–water partition coefficient (Wildman–Crippen LogP) is 8.99. The number of carbonyl (C=O) groups excluding carboxylic acids is 3. The number of rotatable bonds is 11. The summed E-state index contributed by atoms with van der Waals surface area (Å²) in [5.74, 6) is -1.44. The van der Waals surface area contributed by atoms with Gasteiger partial charge in [0, 0.05) is 17.4 Å². The minimum absolute atomic E-state index is 0.00810. The van der Waals surface area contributed by atoms with Crippen LogP contribution in [0.2, 0.25) is 0 Å². The minimum atomic E-state index is -1.84. The first-order valence-corrected chi connectivity index (χ1v) is 14.6. The summed E-state index contributed by atoms with van der Waals surface area (Å²) in [6.45, 7) is 21.9. The molecule has 39 heavy (non-hydrogen) atoms. The number of hydrogen-bond donors (Lipinski definition) is 1. The van der Waals surface area contributed by atoms with Crippen LogP contribution in [-0.2, 0) is 14.4 Å². The summed E-state index contributed by atoms with van der Waals surface area (Å²) < 4.78 is 0. The molecule has 0 radical (unpaired) electrons. The summed E-state index contributed by atoms with van der Waals surface area (Å²) >= 11 is 0. The van der Waals surface area contributed by atoms with Crippen molar-refractivity contribution in [2.75, 3.05) is 0 Å². The fraction of sp³-hybridized carbons (Fsp3) is 0.629. The van der Waals surface area contributed by atoms with Crippen LogP contribution in [0.3, 0.4) is 0 Å². The Labute approximate surface area is 237 Å². The van der Waals surface area contributed by atoms with Gasteiger partial charge in [-0.2, -0.15) is 0 Å². The van der Waals surface area contributed by atoms with Crippen molar-refractivity contribution >= 4 is 17.3 Å². The van der Waals surface area contributed by atoms with Gasteiger partial charge in [-0.25, -0.2) is 0 Å². The maximum atomic E-state index is 15.0. The molecule has 4 atom stereocenters. The molecule has 4 nitrogen and oxygen atoms in total. The molecule has 0 aliphatic heterocycles. The highest BCUT2D eigenvalue weighted by molar-refractivity contribution is 6.33. The van der Waals surface area contributed by atoms with Gasteiger partial charge in [-0.1, -0.05) is 67.4 Å². The third kappa shape index (κ3) is 6.00. The number of aliphatic hydroxyl groups excluding tert-OH is 1. The van der Waals surface area contributed by atoms with E-state index in [4.69, 9.17) is 0 Å². The summed E-state index contributed by atoms with van der Waals surface area (Å²) in [6.07, 6.45) is 10.3. The quantitative estimate of drug-likeness (QED) is 0.211. The summed E-state index contributed by atoms with van der Waals surface area (Å²) in [5.41, 5.74) is 0.453. The van der Waals surface area contributed by atoms with E-state index in [-0.39, 0.29) is 54.0 Å². The molecule has 1 saturated carbocycles. The lowest BCUT2D eigenvalue weighted by Gasteiger charge is -2.60. The second-order valence-corrected chi connectivity index (χ2v) is 13.6. The highest BCUT2D eigenvalue weighted by atomic mass is 16.3. The predicted molar refractivity (Wildman–Crippen MR) is 161 cm³/mol. The van der Waals surface area contributed by atoms with Crippen molar-refractivity contribution in [2.24, 2.45) is 28.1 Å². The zero-order valence-electron chi connectivity index (χ0n) is 26.4. The van der Waals surface area contributed by atoms with Crippen LogP contribution < -0.4 is 0 Å². The third-order valence-corrected chi connectivity index (χ3v) is 8.81. The number of allylic oxidation sites excluding steroid dienone is 10. The van der Waals surface area contributed by atoms with Gasteiger partial charge in [0.25, 0.3) is 0 Å². The summed E-state index contributed by atoms with van der Waals surface area (Å²) in [4.78, 5) is 44.4. The lowest BCUT2D eigenvalue weighted by molar-refractivity contribution is -0.178. The van der Waals surface area contributed by atoms with Crippen molar-refractivity contribution in [3.63, 3.8) is 0 Å². The zero-order valence-corrected chi connectivity index (χ0v) is 26.4. The Hall–Kier alpha value is -2.49. The van der Waals surface area contributed by atoms with Crippen molar-refractivity contribution < 1.29 is 19.5 Å². The van der Waals surface area contributed by atoms with Crippen LogP contribution in [0.4, 0.5) is 0 Å². The van der Waals surface area contributed by atoms with E-state index in [9.17, 15) is 14.7 Å². The van der Waals surface area contributed by atoms with Gasteiger partial charge in [0.15, 0.2) is 22.8 Å². The van der Waals surface area contributed by atoms with Gasteiger partial charge in [0.1, 0.15) is 5.76 Å². The van der Waals surface area contributed by atoms with Crippen LogP contribution in [0.25, 0.3) is 0 Å². The van der Waals surface area contributed by atoms with Crippen molar-refractivity contribution in [1.82, 2.24) is 0 Å². The number of ketones is 3. The molecular weight excluding hydrogens is 484 g/mol. The molecule has 2 aliphatic rings. The lowest BCUT2D eigenvalue weighted by Crippen LogP contribution is -2.70. The van der Waals surface area contributed by atoms with Crippen molar-refractivity contribution in [1.29, 1.82) is 0 Å². The van der Waals surface area contributed by atoms with E-state index in [0.717, 1.165) is 22.3 Å². The standard InChI is InChI=1S/C35H52O4/c1-22(2)12-14-27-21-34(19-17-25(7)8)30(37)28(15-13-23(3)4)31(38)35(32(34)39,29(36)20-26(9)10)33(27,11)18-16-24(5)6/h12-13,16-17,26-27,37H,14-15,18-21H2,1-11H3. The zero-order chi connectivity index (χ0) is 29.9. The molecule has 0 heterocycles. The van der Waals surface area contributed by atoms with E-state index in [1.165, 1.54) is 0 Å². The van der Waals surface area contributed by atoms with Gasteiger partial charge in [0.05, 0.1) is 5.41 Å². The normalized spacial score (nSPS) is 28.3. The maximum absolute atomic E-state index is 15.0. The fourth-order valence-electron chi connectivity index (χ4n) is 6.55. The van der Waals surface area contributed by atoms with E-state index in [0.29, 0.717) is 19.3 Å². The van der Waals surface area contributed by atoms with Crippen LogP contribution in [0.15, 0.2) is 57.9 Å². The molecule has 0 amide bonds. The topological polar surface area (TPSA) is 71.4 Å². The van der Waals surface area contributed by atoms with E-state index < -0.39 is 22.0 Å². The second-order valence-electron chi connectivity index (χ2n) is 13.6. The Balaban J connectivity index is 3.12. The van der Waals surface area contributed by atoms with Crippen LogP contribution in [0.5, 0.6) is 0 Å². The fourth-order valence-corrected chi connectivity index (χ4v) is 6.55. The highest BCUT2D eigenvalue weighted by Crippen LogP contribution is 2.67. The minimum Gasteiger partial charge on any atom is -0.511 e. The molecule has 4 unspecified atom stereocenters. The Bertz CT molecular complexity index is 1140. The molecule has 1 N–H and O–H groups in total. The molecule has 0 saturated heterocycles. The molecule has 2 rings (SSSR count). The number of Topliss-reactive ketones (excluding diaryl/α,β-unsaturated/α-hetero) is 3.